The van der Waals surface area contributed by atoms with Crippen molar-refractivity contribution in [2.75, 3.05) is 20.3 Å². The lowest BCUT2D eigenvalue weighted by molar-refractivity contribution is -0.143. The van der Waals surface area contributed by atoms with Gasteiger partial charge in [0.2, 0.25) is 0 Å². The number of aryl methyl sites for hydroxylation is 2. The van der Waals surface area contributed by atoms with Gasteiger partial charge in [0.1, 0.15) is 0 Å². The summed E-state index contributed by atoms with van der Waals surface area (Å²) in [6.45, 7) is 4.81. The van der Waals surface area contributed by atoms with E-state index in [1.807, 2.05) is 27.2 Å². The molecule has 1 aromatic heterocycles. The zero-order valence-electron chi connectivity index (χ0n) is 11.8. The number of likely N-dealkylation sites (N-methyl/N-ethyl adjacent to an activating group) is 1. The van der Waals surface area contributed by atoms with E-state index in [9.17, 15) is 9.90 Å². The van der Waals surface area contributed by atoms with Crippen molar-refractivity contribution in [2.24, 2.45) is 13.0 Å². The quantitative estimate of drug-likeness (QED) is 0.875. The number of carbonyl (C=O) groups is 1. The van der Waals surface area contributed by atoms with Crippen LogP contribution in [-0.2, 0) is 16.6 Å². The number of aliphatic carboxylic acids is 1. The van der Waals surface area contributed by atoms with Gasteiger partial charge in [-0.15, -0.1) is 0 Å². The first kappa shape index (κ1) is 14.0. The van der Waals surface area contributed by atoms with E-state index in [0.29, 0.717) is 13.2 Å². The van der Waals surface area contributed by atoms with Gasteiger partial charge in [-0.25, -0.2) is 0 Å². The second kappa shape index (κ2) is 5.30. The Morgan fingerprint density at radius 1 is 1.63 bits per heavy atom. The Labute approximate surface area is 113 Å². The van der Waals surface area contributed by atoms with Gasteiger partial charge >= 0.3 is 5.97 Å². The predicted octanol–water partition coefficient (Wildman–Crippen LogP) is 0.821. The summed E-state index contributed by atoms with van der Waals surface area (Å²) in [6.07, 6.45) is 1.99. The van der Waals surface area contributed by atoms with Crippen molar-refractivity contribution in [3.63, 3.8) is 0 Å². The van der Waals surface area contributed by atoms with Crippen LogP contribution in [0, 0.1) is 12.8 Å². The smallest absolute Gasteiger partial charge is 0.310 e. The number of rotatable bonds is 4. The van der Waals surface area contributed by atoms with E-state index in [-0.39, 0.29) is 12.1 Å². The maximum absolute atomic E-state index is 11.2. The summed E-state index contributed by atoms with van der Waals surface area (Å²) in [7, 11) is 3.84. The molecule has 106 valence electrons. The maximum atomic E-state index is 11.2. The molecule has 0 saturated carbocycles. The van der Waals surface area contributed by atoms with Gasteiger partial charge in [-0.05, 0) is 20.9 Å². The highest BCUT2D eigenvalue weighted by Gasteiger charge is 2.38. The van der Waals surface area contributed by atoms with E-state index < -0.39 is 11.9 Å². The zero-order chi connectivity index (χ0) is 14.2. The van der Waals surface area contributed by atoms with Gasteiger partial charge in [0.05, 0.1) is 24.8 Å². The fraction of sp³-hybridized carbons (Fsp3) is 0.692. The largest absolute Gasteiger partial charge is 0.481 e. The van der Waals surface area contributed by atoms with Crippen LogP contribution in [0.1, 0.15) is 24.2 Å². The summed E-state index contributed by atoms with van der Waals surface area (Å²) in [4.78, 5) is 13.3. The second-order valence-electron chi connectivity index (χ2n) is 5.23. The highest BCUT2D eigenvalue weighted by atomic mass is 16.5. The average molecular weight is 267 g/mol. The molecular formula is C13H21N3O3. The Balaban J connectivity index is 2.17. The molecule has 1 aromatic rings. The summed E-state index contributed by atoms with van der Waals surface area (Å²) < 4.78 is 7.12. The van der Waals surface area contributed by atoms with E-state index >= 15 is 0 Å². The number of hydrogen-bond acceptors (Lipinski definition) is 4. The Kier molecular flexibility index (Phi) is 3.91. The second-order valence-corrected chi connectivity index (χ2v) is 5.23. The van der Waals surface area contributed by atoms with Gasteiger partial charge in [0.15, 0.2) is 0 Å². The van der Waals surface area contributed by atoms with Crippen molar-refractivity contribution < 1.29 is 14.6 Å². The van der Waals surface area contributed by atoms with Crippen LogP contribution >= 0.6 is 0 Å². The van der Waals surface area contributed by atoms with Gasteiger partial charge in [-0.3, -0.25) is 14.4 Å². The Hall–Kier alpha value is -1.40. The average Bonchev–Trinajstić information content (AvgIpc) is 2.93. The number of aromatic nitrogens is 2. The molecule has 0 spiro atoms. The molecule has 19 heavy (non-hydrogen) atoms. The van der Waals surface area contributed by atoms with Crippen molar-refractivity contribution in [3.8, 4) is 0 Å². The molecule has 2 rings (SSSR count). The van der Waals surface area contributed by atoms with E-state index in [1.54, 1.807) is 4.68 Å². The summed E-state index contributed by atoms with van der Waals surface area (Å²) in [5, 5.41) is 13.6. The van der Waals surface area contributed by atoms with Crippen LogP contribution in [-0.4, -0.2) is 52.1 Å². The summed E-state index contributed by atoms with van der Waals surface area (Å²) in [6, 6.07) is 0.0226. The normalized spacial score (nSPS) is 24.9. The van der Waals surface area contributed by atoms with E-state index in [2.05, 4.69) is 16.9 Å². The van der Waals surface area contributed by atoms with Crippen LogP contribution in [0.5, 0.6) is 0 Å². The molecule has 0 amide bonds. The van der Waals surface area contributed by atoms with Gasteiger partial charge in [0, 0.05) is 30.9 Å². The first-order valence-electron chi connectivity index (χ1n) is 6.44. The Bertz CT molecular complexity index is 472. The third-order valence-corrected chi connectivity index (χ3v) is 4.00. The van der Waals surface area contributed by atoms with Crippen molar-refractivity contribution in [3.05, 3.63) is 17.5 Å². The molecule has 0 radical (unpaired) electrons. The topological polar surface area (TPSA) is 67.6 Å². The summed E-state index contributed by atoms with van der Waals surface area (Å²) in [5.74, 6) is -1.24. The lowest BCUT2D eigenvalue weighted by atomic mass is 9.99. The minimum atomic E-state index is -0.788. The Morgan fingerprint density at radius 2 is 2.32 bits per heavy atom. The highest BCUT2D eigenvalue weighted by molar-refractivity contribution is 5.71. The number of carboxylic acids is 1. The van der Waals surface area contributed by atoms with Gasteiger partial charge in [-0.2, -0.15) is 5.10 Å². The highest BCUT2D eigenvalue weighted by Crippen LogP contribution is 2.28. The molecule has 1 aliphatic rings. The molecule has 2 heterocycles. The van der Waals surface area contributed by atoms with Gasteiger partial charge < -0.3 is 9.84 Å². The van der Waals surface area contributed by atoms with Crippen molar-refractivity contribution in [2.45, 2.75) is 25.9 Å². The van der Waals surface area contributed by atoms with Crippen molar-refractivity contribution in [1.29, 1.82) is 0 Å². The van der Waals surface area contributed by atoms with E-state index in [0.717, 1.165) is 11.3 Å². The molecule has 1 N–H and O–H groups in total. The van der Waals surface area contributed by atoms with Crippen LogP contribution in [0.2, 0.25) is 0 Å². The van der Waals surface area contributed by atoms with Crippen LogP contribution in [0.25, 0.3) is 0 Å². The van der Waals surface area contributed by atoms with Crippen molar-refractivity contribution in [1.82, 2.24) is 14.7 Å². The first-order valence-corrected chi connectivity index (χ1v) is 6.44. The number of ether oxygens (including phenoxy) is 1. The third-order valence-electron chi connectivity index (χ3n) is 4.00. The Morgan fingerprint density at radius 3 is 2.84 bits per heavy atom. The molecule has 0 aliphatic carbocycles. The molecule has 0 bridgehead atoms. The number of hydrogen-bond donors (Lipinski definition) is 1. The fourth-order valence-corrected chi connectivity index (χ4v) is 2.71. The fourth-order valence-electron chi connectivity index (χ4n) is 2.71. The van der Waals surface area contributed by atoms with Crippen LogP contribution in [0.15, 0.2) is 6.20 Å². The lowest BCUT2D eigenvalue weighted by Gasteiger charge is -2.31. The number of nitrogens with zero attached hydrogens (tertiary/aromatic N) is 3. The van der Waals surface area contributed by atoms with E-state index in [4.69, 9.17) is 4.74 Å². The molecule has 3 unspecified atom stereocenters. The third kappa shape index (κ3) is 2.64. The molecule has 1 aliphatic heterocycles. The minimum Gasteiger partial charge on any atom is -0.481 e. The summed E-state index contributed by atoms with van der Waals surface area (Å²) in [5.41, 5.74) is 2.11. The van der Waals surface area contributed by atoms with Crippen molar-refractivity contribution >= 4 is 5.97 Å². The predicted molar refractivity (Wildman–Crippen MR) is 69.9 cm³/mol. The molecule has 0 aromatic carbocycles. The van der Waals surface area contributed by atoms with Crippen LogP contribution < -0.4 is 0 Å². The monoisotopic (exact) mass is 267 g/mol. The summed E-state index contributed by atoms with van der Waals surface area (Å²) >= 11 is 0. The first-order chi connectivity index (χ1) is 8.91. The van der Waals surface area contributed by atoms with Crippen LogP contribution in [0.3, 0.4) is 0 Å². The van der Waals surface area contributed by atoms with E-state index in [1.165, 1.54) is 0 Å². The molecule has 6 heteroatoms. The molecule has 3 atom stereocenters. The molecule has 1 fully saturated rings. The van der Waals surface area contributed by atoms with Gasteiger partial charge in [0.25, 0.3) is 0 Å². The molecule has 6 nitrogen and oxygen atoms in total. The lowest BCUT2D eigenvalue weighted by Crippen LogP contribution is -2.42. The number of carboxylic acid groups (broad SMARTS) is 1. The molecule has 1 saturated heterocycles. The minimum absolute atomic E-state index is 0.0906. The molecular weight excluding hydrogens is 246 g/mol. The maximum Gasteiger partial charge on any atom is 0.310 e. The standard InChI is InChI=1S/C13H21N3O3/c1-8-10(5-15(3)14-8)9(2)16(4)12-7-19-6-11(12)13(17)18/h5,9,11-12H,6-7H2,1-4H3,(H,17,18). The van der Waals surface area contributed by atoms with Crippen LogP contribution in [0.4, 0.5) is 0 Å². The SMILES string of the molecule is Cc1nn(C)cc1C(C)N(C)C1COCC1C(=O)O. The van der Waals surface area contributed by atoms with Gasteiger partial charge in [-0.1, -0.05) is 0 Å². The zero-order valence-corrected chi connectivity index (χ0v) is 11.8.